The number of nitrogens with zero attached hydrogens (tertiary/aromatic N) is 1. The van der Waals surface area contributed by atoms with Crippen molar-refractivity contribution in [1.29, 1.82) is 0 Å². The zero-order chi connectivity index (χ0) is 9.03. The van der Waals surface area contributed by atoms with E-state index < -0.39 is 5.67 Å². The van der Waals surface area contributed by atoms with E-state index >= 15 is 0 Å². The van der Waals surface area contributed by atoms with Gasteiger partial charge in [0.15, 0.2) is 0 Å². The molecule has 0 radical (unpaired) electrons. The van der Waals surface area contributed by atoms with E-state index in [1.807, 2.05) is 11.8 Å². The van der Waals surface area contributed by atoms with Gasteiger partial charge in [0, 0.05) is 19.6 Å². The molecule has 0 unspecified atom stereocenters. The monoisotopic (exact) mass is 177 g/mol. The summed E-state index contributed by atoms with van der Waals surface area (Å²) in [5.41, 5.74) is -0.965. The lowest BCUT2D eigenvalue weighted by molar-refractivity contribution is 0.0527. The van der Waals surface area contributed by atoms with Crippen LogP contribution in [0.15, 0.2) is 0 Å². The second-order valence-corrected chi connectivity index (χ2v) is 3.54. The van der Waals surface area contributed by atoms with E-state index in [9.17, 15) is 8.78 Å². The molecule has 0 N–H and O–H groups in total. The predicted octanol–water partition coefficient (Wildman–Crippen LogP) is 2.17. The minimum Gasteiger partial charge on any atom is -0.301 e. The largest absolute Gasteiger partial charge is 0.301 e. The van der Waals surface area contributed by atoms with E-state index in [-0.39, 0.29) is 6.67 Å². The van der Waals surface area contributed by atoms with Gasteiger partial charge in [-0.1, -0.05) is 6.92 Å². The molecular weight excluding hydrogens is 160 g/mol. The molecule has 0 amide bonds. The molecule has 0 saturated carbocycles. The van der Waals surface area contributed by atoms with Crippen LogP contribution in [0.3, 0.4) is 0 Å². The number of hydrogen-bond donors (Lipinski definition) is 0. The molecular formula is C9H17F2N. The van der Waals surface area contributed by atoms with E-state index in [1.54, 1.807) is 0 Å². The maximum absolute atomic E-state index is 13.6. The lowest BCUT2D eigenvalue weighted by Gasteiger charge is -2.35. The fourth-order valence-corrected chi connectivity index (χ4v) is 1.65. The van der Waals surface area contributed by atoms with Gasteiger partial charge >= 0.3 is 0 Å². The van der Waals surface area contributed by atoms with E-state index in [1.165, 1.54) is 0 Å². The average Bonchev–Trinajstić information content (AvgIpc) is 2.10. The summed E-state index contributed by atoms with van der Waals surface area (Å²) < 4.78 is 25.5. The number of likely N-dealkylation sites (tertiary alicyclic amines) is 1. The zero-order valence-corrected chi connectivity index (χ0v) is 7.65. The highest BCUT2D eigenvalue weighted by Crippen LogP contribution is 2.29. The molecule has 3 heteroatoms. The van der Waals surface area contributed by atoms with Crippen molar-refractivity contribution in [3.8, 4) is 0 Å². The van der Waals surface area contributed by atoms with Crippen LogP contribution in [0.1, 0.15) is 26.2 Å². The Morgan fingerprint density at radius 3 is 2.33 bits per heavy atom. The van der Waals surface area contributed by atoms with Crippen LogP contribution in [0.25, 0.3) is 0 Å². The summed E-state index contributed by atoms with van der Waals surface area (Å²) in [6.45, 7) is 3.47. The van der Waals surface area contributed by atoms with Crippen molar-refractivity contribution in [2.24, 2.45) is 0 Å². The molecule has 1 heterocycles. The maximum Gasteiger partial charge on any atom is 0.113 e. The number of rotatable bonds is 3. The summed E-state index contributed by atoms with van der Waals surface area (Å²) in [4.78, 5) is 1.99. The maximum atomic E-state index is 13.6. The first-order valence-electron chi connectivity index (χ1n) is 4.67. The van der Waals surface area contributed by atoms with Crippen LogP contribution in [0.2, 0.25) is 0 Å². The molecule has 0 aromatic carbocycles. The average molecular weight is 177 g/mol. The fourth-order valence-electron chi connectivity index (χ4n) is 1.65. The third-order valence-electron chi connectivity index (χ3n) is 2.79. The smallest absolute Gasteiger partial charge is 0.113 e. The van der Waals surface area contributed by atoms with Crippen molar-refractivity contribution in [2.45, 2.75) is 31.9 Å². The quantitative estimate of drug-likeness (QED) is 0.638. The van der Waals surface area contributed by atoms with Crippen LogP contribution >= 0.6 is 0 Å². The van der Waals surface area contributed by atoms with Crippen LogP contribution < -0.4 is 0 Å². The molecule has 1 aliphatic heterocycles. The second-order valence-electron chi connectivity index (χ2n) is 3.54. The minimum absolute atomic E-state index is 0.314. The Morgan fingerprint density at radius 1 is 1.33 bits per heavy atom. The van der Waals surface area contributed by atoms with Crippen molar-refractivity contribution in [3.63, 3.8) is 0 Å². The van der Waals surface area contributed by atoms with E-state index in [2.05, 4.69) is 0 Å². The Kier molecular flexibility index (Phi) is 3.44. The van der Waals surface area contributed by atoms with Crippen molar-refractivity contribution in [2.75, 3.05) is 26.3 Å². The predicted molar refractivity (Wildman–Crippen MR) is 45.8 cm³/mol. The van der Waals surface area contributed by atoms with Crippen molar-refractivity contribution < 1.29 is 8.78 Å². The molecule has 0 bridgehead atoms. The lowest BCUT2D eigenvalue weighted by Crippen LogP contribution is -2.42. The first-order chi connectivity index (χ1) is 5.70. The second kappa shape index (κ2) is 4.17. The number of halogens is 2. The Balaban J connectivity index is 2.29. The summed E-state index contributed by atoms with van der Waals surface area (Å²) >= 11 is 0. The summed E-state index contributed by atoms with van der Waals surface area (Å²) in [6, 6.07) is 0. The Hall–Kier alpha value is -0.180. The summed E-state index contributed by atoms with van der Waals surface area (Å²) in [7, 11) is 0. The normalized spacial score (nSPS) is 24.2. The van der Waals surface area contributed by atoms with E-state index in [4.69, 9.17) is 0 Å². The van der Waals surface area contributed by atoms with Gasteiger partial charge in [-0.2, -0.15) is 0 Å². The molecule has 1 fully saturated rings. The SMILES string of the molecule is CCC1(F)CCN(CCF)CC1. The number of alkyl halides is 2. The molecule has 0 atom stereocenters. The van der Waals surface area contributed by atoms with Crippen molar-refractivity contribution >= 4 is 0 Å². The third kappa shape index (κ3) is 2.41. The molecule has 1 aliphatic rings. The highest BCUT2D eigenvalue weighted by Gasteiger charge is 2.32. The molecule has 0 aromatic rings. The molecule has 1 rings (SSSR count). The molecule has 1 saturated heterocycles. The van der Waals surface area contributed by atoms with Gasteiger partial charge in [-0.25, -0.2) is 8.78 Å². The van der Waals surface area contributed by atoms with Crippen LogP contribution in [0.4, 0.5) is 8.78 Å². The third-order valence-corrected chi connectivity index (χ3v) is 2.79. The molecule has 0 aromatic heterocycles. The fraction of sp³-hybridized carbons (Fsp3) is 1.00. The number of hydrogen-bond acceptors (Lipinski definition) is 1. The first kappa shape index (κ1) is 9.90. The van der Waals surface area contributed by atoms with Crippen LogP contribution in [0, 0.1) is 0 Å². The number of piperidine rings is 1. The van der Waals surface area contributed by atoms with Crippen LogP contribution in [-0.2, 0) is 0 Å². The topological polar surface area (TPSA) is 3.24 Å². The summed E-state index contributed by atoms with van der Waals surface area (Å²) in [5, 5.41) is 0. The van der Waals surface area contributed by atoms with Gasteiger partial charge in [0.25, 0.3) is 0 Å². The highest BCUT2D eigenvalue weighted by molar-refractivity contribution is 4.84. The highest BCUT2D eigenvalue weighted by atomic mass is 19.1. The minimum atomic E-state index is -0.965. The van der Waals surface area contributed by atoms with Crippen LogP contribution in [0.5, 0.6) is 0 Å². The molecule has 1 nitrogen and oxygen atoms in total. The molecule has 0 aliphatic carbocycles. The van der Waals surface area contributed by atoms with Gasteiger partial charge in [-0.05, 0) is 19.3 Å². The standard InChI is InChI=1S/C9H17F2N/c1-2-9(11)3-6-12(7-4-9)8-5-10/h2-8H2,1H3. The van der Waals surface area contributed by atoms with E-state index in [0.717, 1.165) is 0 Å². The van der Waals surface area contributed by atoms with Gasteiger partial charge in [0.05, 0.1) is 0 Å². The first-order valence-corrected chi connectivity index (χ1v) is 4.67. The summed E-state index contributed by atoms with van der Waals surface area (Å²) in [5.74, 6) is 0. The van der Waals surface area contributed by atoms with Gasteiger partial charge in [-0.15, -0.1) is 0 Å². The van der Waals surface area contributed by atoms with Crippen LogP contribution in [-0.4, -0.2) is 36.9 Å². The Bertz CT molecular complexity index is 130. The van der Waals surface area contributed by atoms with Gasteiger partial charge < -0.3 is 4.90 Å². The Morgan fingerprint density at radius 2 is 1.92 bits per heavy atom. The lowest BCUT2D eigenvalue weighted by atomic mass is 9.91. The molecule has 72 valence electrons. The Labute approximate surface area is 72.7 Å². The summed E-state index contributed by atoms with van der Waals surface area (Å²) in [6.07, 6.45) is 1.74. The zero-order valence-electron chi connectivity index (χ0n) is 7.65. The van der Waals surface area contributed by atoms with Crippen molar-refractivity contribution in [3.05, 3.63) is 0 Å². The van der Waals surface area contributed by atoms with Gasteiger partial charge in [-0.3, -0.25) is 0 Å². The van der Waals surface area contributed by atoms with E-state index in [0.29, 0.717) is 38.9 Å². The molecule has 0 spiro atoms. The van der Waals surface area contributed by atoms with Gasteiger partial charge in [0.2, 0.25) is 0 Å². The van der Waals surface area contributed by atoms with Gasteiger partial charge in [0.1, 0.15) is 12.3 Å². The molecule has 12 heavy (non-hydrogen) atoms. The van der Waals surface area contributed by atoms with Crippen molar-refractivity contribution in [1.82, 2.24) is 4.90 Å².